The number of fused-ring (bicyclic) bond motifs is 5. The Morgan fingerprint density at radius 2 is 1.55 bits per heavy atom. The number of anilines is 1. The first-order valence-electron chi connectivity index (χ1n) is 9.97. The van der Waals surface area contributed by atoms with Crippen molar-refractivity contribution in [1.29, 1.82) is 0 Å². The Morgan fingerprint density at radius 1 is 0.862 bits per heavy atom. The standard InChI is InChI=1S/C25H22F3N/c1-15-11-12-22-20(13-15)23-19-9-5-4-8-18(19)16(2)24(23)29(22)14-17-7-3-6-10-21(17)25(26,27)28/h3-13,16,23-24H,14H2,1-2H3. The minimum atomic E-state index is -4.35. The van der Waals surface area contributed by atoms with Gasteiger partial charge in [-0.1, -0.05) is 67.1 Å². The number of benzene rings is 3. The molecule has 1 heterocycles. The van der Waals surface area contributed by atoms with Crippen molar-refractivity contribution < 1.29 is 13.2 Å². The summed E-state index contributed by atoms with van der Waals surface area (Å²) < 4.78 is 40.8. The van der Waals surface area contributed by atoms with Crippen molar-refractivity contribution in [1.82, 2.24) is 0 Å². The predicted molar refractivity (Wildman–Crippen MR) is 109 cm³/mol. The third-order valence-corrected chi connectivity index (χ3v) is 6.53. The largest absolute Gasteiger partial charge is 0.416 e. The van der Waals surface area contributed by atoms with Gasteiger partial charge in [0.1, 0.15) is 0 Å². The highest BCUT2D eigenvalue weighted by atomic mass is 19.4. The lowest BCUT2D eigenvalue weighted by Gasteiger charge is -2.31. The normalized spacial score (nSPS) is 22.4. The molecule has 2 aliphatic rings. The lowest BCUT2D eigenvalue weighted by molar-refractivity contribution is -0.138. The topological polar surface area (TPSA) is 3.24 Å². The second kappa shape index (κ2) is 6.38. The monoisotopic (exact) mass is 393 g/mol. The minimum Gasteiger partial charge on any atom is -0.362 e. The molecule has 0 saturated carbocycles. The Kier molecular flexibility index (Phi) is 4.02. The quantitative estimate of drug-likeness (QED) is 0.471. The SMILES string of the molecule is Cc1ccc2c(c1)C1c3ccccc3C(C)C1N2Cc1ccccc1C(F)(F)F. The average Bonchev–Trinajstić information content (AvgIpc) is 3.15. The third kappa shape index (κ3) is 2.77. The number of aryl methyl sites for hydroxylation is 1. The van der Waals surface area contributed by atoms with Crippen molar-refractivity contribution in [3.05, 3.63) is 100 Å². The van der Waals surface area contributed by atoms with Crippen molar-refractivity contribution in [2.75, 3.05) is 4.90 Å². The van der Waals surface area contributed by atoms with E-state index in [2.05, 4.69) is 61.2 Å². The van der Waals surface area contributed by atoms with Gasteiger partial charge in [-0.3, -0.25) is 0 Å². The van der Waals surface area contributed by atoms with Crippen LogP contribution in [-0.2, 0) is 12.7 Å². The molecule has 0 saturated heterocycles. The summed E-state index contributed by atoms with van der Waals surface area (Å²) in [6.45, 7) is 4.53. The number of rotatable bonds is 2. The zero-order valence-electron chi connectivity index (χ0n) is 16.4. The van der Waals surface area contributed by atoms with Gasteiger partial charge in [0.2, 0.25) is 0 Å². The molecule has 0 bridgehead atoms. The van der Waals surface area contributed by atoms with Gasteiger partial charge >= 0.3 is 6.18 Å². The lowest BCUT2D eigenvalue weighted by Crippen LogP contribution is -2.35. The molecule has 3 atom stereocenters. The fourth-order valence-corrected chi connectivity index (χ4v) is 5.32. The van der Waals surface area contributed by atoms with E-state index in [0.29, 0.717) is 5.56 Å². The minimum absolute atomic E-state index is 0.130. The van der Waals surface area contributed by atoms with E-state index in [1.165, 1.54) is 34.4 Å². The molecule has 0 fully saturated rings. The van der Waals surface area contributed by atoms with Crippen LogP contribution in [0.25, 0.3) is 0 Å². The molecule has 3 aromatic rings. The van der Waals surface area contributed by atoms with E-state index < -0.39 is 11.7 Å². The van der Waals surface area contributed by atoms with E-state index in [-0.39, 0.29) is 24.4 Å². The van der Waals surface area contributed by atoms with Gasteiger partial charge in [0.25, 0.3) is 0 Å². The molecule has 0 N–H and O–H groups in total. The fourth-order valence-electron chi connectivity index (χ4n) is 5.32. The van der Waals surface area contributed by atoms with Gasteiger partial charge in [0.05, 0.1) is 5.56 Å². The number of nitrogens with zero attached hydrogens (tertiary/aromatic N) is 1. The second-order valence-corrected chi connectivity index (χ2v) is 8.23. The molecule has 1 aliphatic heterocycles. The van der Waals surface area contributed by atoms with Crippen LogP contribution >= 0.6 is 0 Å². The highest BCUT2D eigenvalue weighted by Crippen LogP contribution is 2.56. The van der Waals surface area contributed by atoms with Gasteiger partial charge in [-0.05, 0) is 41.3 Å². The molecule has 1 nitrogen and oxygen atoms in total. The van der Waals surface area contributed by atoms with Crippen LogP contribution in [0.15, 0.2) is 66.7 Å². The van der Waals surface area contributed by atoms with E-state index in [4.69, 9.17) is 0 Å². The van der Waals surface area contributed by atoms with Crippen LogP contribution < -0.4 is 4.90 Å². The van der Waals surface area contributed by atoms with Gasteiger partial charge in [-0.2, -0.15) is 13.2 Å². The van der Waals surface area contributed by atoms with Crippen molar-refractivity contribution >= 4 is 5.69 Å². The summed E-state index contributed by atoms with van der Waals surface area (Å²) in [5.41, 5.74) is 5.88. The van der Waals surface area contributed by atoms with Crippen LogP contribution in [0.5, 0.6) is 0 Å². The van der Waals surface area contributed by atoms with Crippen molar-refractivity contribution in [3.8, 4) is 0 Å². The Bertz CT molecular complexity index is 1090. The van der Waals surface area contributed by atoms with E-state index in [1.54, 1.807) is 12.1 Å². The predicted octanol–water partition coefficient (Wildman–Crippen LogP) is 6.65. The summed E-state index contributed by atoms with van der Waals surface area (Å²) in [5.74, 6) is 0.455. The molecule has 0 aromatic heterocycles. The van der Waals surface area contributed by atoms with Crippen LogP contribution in [0.1, 0.15) is 52.1 Å². The van der Waals surface area contributed by atoms with Gasteiger partial charge < -0.3 is 4.90 Å². The molecule has 0 radical (unpaired) electrons. The maximum Gasteiger partial charge on any atom is 0.416 e. The summed E-state index contributed by atoms with van der Waals surface area (Å²) in [7, 11) is 0. The van der Waals surface area contributed by atoms with E-state index >= 15 is 0 Å². The van der Waals surface area contributed by atoms with Crippen LogP contribution in [0.2, 0.25) is 0 Å². The molecule has 0 spiro atoms. The van der Waals surface area contributed by atoms with Crippen LogP contribution in [-0.4, -0.2) is 6.04 Å². The molecule has 3 aromatic carbocycles. The average molecular weight is 393 g/mol. The van der Waals surface area contributed by atoms with E-state index in [1.807, 2.05) is 0 Å². The third-order valence-electron chi connectivity index (χ3n) is 6.53. The summed E-state index contributed by atoms with van der Waals surface area (Å²) in [4.78, 5) is 2.20. The number of halogens is 3. The fraction of sp³-hybridized carbons (Fsp3) is 0.280. The van der Waals surface area contributed by atoms with Crippen molar-refractivity contribution in [2.45, 2.75) is 44.4 Å². The molecule has 4 heteroatoms. The first kappa shape index (κ1) is 18.3. The Morgan fingerprint density at radius 3 is 2.31 bits per heavy atom. The van der Waals surface area contributed by atoms with Gasteiger partial charge in [0.15, 0.2) is 0 Å². The number of hydrogen-bond acceptors (Lipinski definition) is 1. The summed E-state index contributed by atoms with van der Waals surface area (Å²) >= 11 is 0. The number of hydrogen-bond donors (Lipinski definition) is 0. The van der Waals surface area contributed by atoms with Gasteiger partial charge in [-0.15, -0.1) is 0 Å². The summed E-state index contributed by atoms with van der Waals surface area (Å²) in [5, 5.41) is 0. The van der Waals surface area contributed by atoms with Crippen molar-refractivity contribution in [3.63, 3.8) is 0 Å². The Labute approximate surface area is 168 Å². The summed E-state index contributed by atoms with van der Waals surface area (Å²) in [6, 6.07) is 20.9. The van der Waals surface area contributed by atoms with Gasteiger partial charge in [0, 0.05) is 30.1 Å². The van der Waals surface area contributed by atoms with Crippen LogP contribution in [0, 0.1) is 6.92 Å². The number of alkyl halides is 3. The van der Waals surface area contributed by atoms with Crippen molar-refractivity contribution in [2.24, 2.45) is 0 Å². The molecule has 5 rings (SSSR count). The van der Waals surface area contributed by atoms with E-state index in [9.17, 15) is 13.2 Å². The molecule has 3 unspecified atom stereocenters. The first-order valence-corrected chi connectivity index (χ1v) is 9.97. The second-order valence-electron chi connectivity index (χ2n) is 8.23. The molecular weight excluding hydrogens is 371 g/mol. The summed E-state index contributed by atoms with van der Waals surface area (Å²) in [6.07, 6.45) is -4.35. The molecule has 1 aliphatic carbocycles. The Balaban J connectivity index is 1.64. The first-order chi connectivity index (χ1) is 13.9. The lowest BCUT2D eigenvalue weighted by atomic mass is 9.91. The van der Waals surface area contributed by atoms with E-state index in [0.717, 1.165) is 5.69 Å². The highest BCUT2D eigenvalue weighted by Gasteiger charge is 2.48. The smallest absolute Gasteiger partial charge is 0.362 e. The van der Waals surface area contributed by atoms with Gasteiger partial charge in [-0.25, -0.2) is 0 Å². The molecule has 148 valence electrons. The maximum atomic E-state index is 13.6. The highest BCUT2D eigenvalue weighted by molar-refractivity contribution is 5.69. The van der Waals surface area contributed by atoms with Crippen LogP contribution in [0.4, 0.5) is 18.9 Å². The molecule has 29 heavy (non-hydrogen) atoms. The zero-order valence-corrected chi connectivity index (χ0v) is 16.4. The molecule has 0 amide bonds. The zero-order chi connectivity index (χ0) is 20.3. The molecular formula is C25H22F3N. The maximum absolute atomic E-state index is 13.6. The van der Waals surface area contributed by atoms with Crippen LogP contribution in [0.3, 0.4) is 0 Å². The Hall–Kier alpha value is -2.75.